The molecule has 8 heteroatoms. The Hall–Kier alpha value is -2.37. The van der Waals surface area contributed by atoms with Crippen molar-refractivity contribution in [3.05, 3.63) is 35.4 Å². The van der Waals surface area contributed by atoms with Crippen molar-refractivity contribution in [3.63, 3.8) is 0 Å². The Kier molecular flexibility index (Phi) is 5.52. The van der Waals surface area contributed by atoms with Gasteiger partial charge < -0.3 is 4.74 Å². The molecule has 2 aromatic rings. The van der Waals surface area contributed by atoms with E-state index in [9.17, 15) is 4.79 Å². The standard InChI is InChI=1S/C14H12N4O2S2/c1-20-11-5-3-9(4-6-11)7-10(8-15)12(19)16-13-17-18-14(21-2)22-13/h3-7H,1-2H3,(H,16,17,19)/b10-7+. The molecule has 1 heterocycles. The van der Waals surface area contributed by atoms with Gasteiger partial charge in [0.25, 0.3) is 5.91 Å². The molecule has 0 radical (unpaired) electrons. The van der Waals surface area contributed by atoms with E-state index in [1.54, 1.807) is 31.4 Å². The molecule has 6 nitrogen and oxygen atoms in total. The third-order valence-corrected chi connectivity index (χ3v) is 4.41. The predicted octanol–water partition coefficient (Wildman–Crippen LogP) is 2.81. The molecule has 1 aromatic carbocycles. The molecule has 0 saturated heterocycles. The summed E-state index contributed by atoms with van der Waals surface area (Å²) in [5.41, 5.74) is 0.723. The van der Waals surface area contributed by atoms with Gasteiger partial charge in [-0.1, -0.05) is 35.2 Å². The lowest BCUT2D eigenvalue weighted by Crippen LogP contribution is -2.13. The quantitative estimate of drug-likeness (QED) is 0.392. The van der Waals surface area contributed by atoms with Gasteiger partial charge in [0.15, 0.2) is 4.34 Å². The number of aromatic nitrogens is 2. The lowest BCUT2D eigenvalue weighted by Gasteiger charge is -2.01. The van der Waals surface area contributed by atoms with E-state index in [0.717, 1.165) is 9.90 Å². The van der Waals surface area contributed by atoms with Crippen LogP contribution >= 0.6 is 23.1 Å². The maximum Gasteiger partial charge on any atom is 0.268 e. The van der Waals surface area contributed by atoms with E-state index in [2.05, 4.69) is 15.5 Å². The van der Waals surface area contributed by atoms with Crippen molar-refractivity contribution in [2.75, 3.05) is 18.7 Å². The highest BCUT2D eigenvalue weighted by molar-refractivity contribution is 8.00. The highest BCUT2D eigenvalue weighted by Crippen LogP contribution is 2.23. The number of nitrogens with one attached hydrogen (secondary N) is 1. The first-order chi connectivity index (χ1) is 10.7. The van der Waals surface area contributed by atoms with Crippen molar-refractivity contribution in [2.24, 2.45) is 0 Å². The van der Waals surface area contributed by atoms with Gasteiger partial charge in [-0.15, -0.1) is 10.2 Å². The van der Waals surface area contributed by atoms with Crippen LogP contribution in [0.15, 0.2) is 34.2 Å². The minimum absolute atomic E-state index is 0.00827. The predicted molar refractivity (Wildman–Crippen MR) is 86.9 cm³/mol. The molecule has 1 N–H and O–H groups in total. The smallest absolute Gasteiger partial charge is 0.268 e. The van der Waals surface area contributed by atoms with Gasteiger partial charge in [0, 0.05) is 0 Å². The molecule has 0 aliphatic rings. The molecular weight excluding hydrogens is 320 g/mol. The van der Waals surface area contributed by atoms with Gasteiger partial charge in [0.1, 0.15) is 17.4 Å². The van der Waals surface area contributed by atoms with E-state index < -0.39 is 5.91 Å². The number of amides is 1. The van der Waals surface area contributed by atoms with E-state index in [4.69, 9.17) is 10.00 Å². The normalized spacial score (nSPS) is 10.9. The van der Waals surface area contributed by atoms with Crippen LogP contribution in [0.4, 0.5) is 5.13 Å². The minimum atomic E-state index is -0.512. The average Bonchev–Trinajstić information content (AvgIpc) is 3.00. The third-order valence-electron chi connectivity index (χ3n) is 2.59. The van der Waals surface area contributed by atoms with Crippen molar-refractivity contribution < 1.29 is 9.53 Å². The summed E-state index contributed by atoms with van der Waals surface area (Å²) < 4.78 is 5.80. The number of carbonyl (C=O) groups excluding carboxylic acids is 1. The lowest BCUT2D eigenvalue weighted by molar-refractivity contribution is -0.112. The maximum atomic E-state index is 12.1. The summed E-state index contributed by atoms with van der Waals surface area (Å²) in [5, 5.41) is 19.8. The summed E-state index contributed by atoms with van der Waals surface area (Å²) in [6, 6.07) is 8.93. The number of anilines is 1. The molecule has 0 atom stereocenters. The molecule has 112 valence electrons. The zero-order chi connectivity index (χ0) is 15.9. The first kappa shape index (κ1) is 16.0. The molecule has 0 unspecified atom stereocenters. The topological polar surface area (TPSA) is 87.9 Å². The molecule has 2 rings (SSSR count). The molecule has 0 spiro atoms. The van der Waals surface area contributed by atoms with Crippen molar-refractivity contribution in [1.29, 1.82) is 5.26 Å². The van der Waals surface area contributed by atoms with Crippen LogP contribution in [-0.2, 0) is 4.79 Å². The van der Waals surface area contributed by atoms with Gasteiger partial charge in [-0.05, 0) is 30.0 Å². The molecular formula is C14H12N4O2S2. The Balaban J connectivity index is 2.13. The van der Waals surface area contributed by atoms with Crippen LogP contribution in [0.25, 0.3) is 6.08 Å². The number of nitriles is 1. The van der Waals surface area contributed by atoms with Crippen LogP contribution in [0.1, 0.15) is 5.56 Å². The number of thioether (sulfide) groups is 1. The van der Waals surface area contributed by atoms with Gasteiger partial charge in [0.05, 0.1) is 7.11 Å². The number of rotatable bonds is 5. The van der Waals surface area contributed by atoms with Crippen molar-refractivity contribution in [2.45, 2.75) is 4.34 Å². The summed E-state index contributed by atoms with van der Waals surface area (Å²) in [6.45, 7) is 0. The molecule has 1 amide bonds. The van der Waals surface area contributed by atoms with E-state index >= 15 is 0 Å². The van der Waals surface area contributed by atoms with Crippen LogP contribution in [0, 0.1) is 11.3 Å². The first-order valence-corrected chi connectivity index (χ1v) is 8.15. The van der Waals surface area contributed by atoms with Gasteiger partial charge in [0.2, 0.25) is 5.13 Å². The summed E-state index contributed by atoms with van der Waals surface area (Å²) in [5.74, 6) is 0.195. The number of carbonyl (C=O) groups is 1. The Morgan fingerprint density at radius 1 is 1.41 bits per heavy atom. The van der Waals surface area contributed by atoms with Crippen LogP contribution < -0.4 is 10.1 Å². The van der Waals surface area contributed by atoms with Crippen molar-refractivity contribution >= 4 is 40.2 Å². The lowest BCUT2D eigenvalue weighted by atomic mass is 10.1. The zero-order valence-corrected chi connectivity index (χ0v) is 13.5. The van der Waals surface area contributed by atoms with Crippen LogP contribution in [0.3, 0.4) is 0 Å². The Morgan fingerprint density at radius 3 is 2.68 bits per heavy atom. The van der Waals surface area contributed by atoms with Crippen LogP contribution in [-0.4, -0.2) is 29.5 Å². The molecule has 0 fully saturated rings. The van der Waals surface area contributed by atoms with Gasteiger partial charge in [-0.3, -0.25) is 10.1 Å². The summed E-state index contributed by atoms with van der Waals surface area (Å²) in [7, 11) is 1.57. The molecule has 0 aliphatic heterocycles. The molecule has 22 heavy (non-hydrogen) atoms. The number of methoxy groups -OCH3 is 1. The van der Waals surface area contributed by atoms with Crippen LogP contribution in [0.5, 0.6) is 5.75 Å². The highest BCUT2D eigenvalue weighted by atomic mass is 32.2. The summed E-state index contributed by atoms with van der Waals surface area (Å²) in [4.78, 5) is 12.1. The SMILES string of the molecule is COc1ccc(/C=C(\C#N)C(=O)Nc2nnc(SC)s2)cc1. The Morgan fingerprint density at radius 2 is 2.14 bits per heavy atom. The van der Waals surface area contributed by atoms with E-state index in [1.165, 1.54) is 29.2 Å². The fourth-order valence-corrected chi connectivity index (χ4v) is 2.69. The van der Waals surface area contributed by atoms with E-state index in [1.807, 2.05) is 12.3 Å². The number of nitrogens with zero attached hydrogens (tertiary/aromatic N) is 3. The Labute approximate surface area is 135 Å². The molecule has 0 bridgehead atoms. The Bertz CT molecular complexity index is 732. The number of hydrogen-bond acceptors (Lipinski definition) is 7. The molecule has 0 aliphatic carbocycles. The second-order valence-corrected chi connectivity index (χ2v) is 6.01. The van der Waals surface area contributed by atoms with Gasteiger partial charge in [-0.2, -0.15) is 5.26 Å². The highest BCUT2D eigenvalue weighted by Gasteiger charge is 2.12. The monoisotopic (exact) mass is 332 g/mol. The summed E-state index contributed by atoms with van der Waals surface area (Å²) in [6.07, 6.45) is 3.38. The first-order valence-electron chi connectivity index (χ1n) is 6.11. The minimum Gasteiger partial charge on any atom is -0.497 e. The van der Waals surface area contributed by atoms with Gasteiger partial charge in [-0.25, -0.2) is 0 Å². The fraction of sp³-hybridized carbons (Fsp3) is 0.143. The van der Waals surface area contributed by atoms with Crippen LogP contribution in [0.2, 0.25) is 0 Å². The molecule has 0 saturated carbocycles. The van der Waals surface area contributed by atoms with Gasteiger partial charge >= 0.3 is 0 Å². The van der Waals surface area contributed by atoms with E-state index in [0.29, 0.717) is 10.9 Å². The second kappa shape index (κ2) is 7.59. The fourth-order valence-electron chi connectivity index (χ4n) is 1.52. The van der Waals surface area contributed by atoms with Crippen molar-refractivity contribution in [3.8, 4) is 11.8 Å². The van der Waals surface area contributed by atoms with E-state index in [-0.39, 0.29) is 5.57 Å². The second-order valence-electron chi connectivity index (χ2n) is 3.97. The van der Waals surface area contributed by atoms with Crippen molar-refractivity contribution in [1.82, 2.24) is 10.2 Å². The summed E-state index contributed by atoms with van der Waals surface area (Å²) >= 11 is 2.70. The number of benzene rings is 1. The maximum absolute atomic E-state index is 12.1. The number of hydrogen-bond donors (Lipinski definition) is 1. The third kappa shape index (κ3) is 4.07. The zero-order valence-electron chi connectivity index (χ0n) is 11.9. The number of ether oxygens (including phenoxy) is 1. The largest absolute Gasteiger partial charge is 0.497 e. The molecule has 1 aromatic heterocycles. The average molecular weight is 332 g/mol.